The molecule has 3 amide bonds. The van der Waals surface area contributed by atoms with Gasteiger partial charge in [0.1, 0.15) is 4.33 Å². The largest absolute Gasteiger partial charge is 0.336 e. The molecule has 1 heterocycles. The molecular weight excluding hydrogens is 313 g/mol. The highest BCUT2D eigenvalue weighted by Crippen LogP contribution is 2.64. The molecule has 3 rings (SSSR count). The average Bonchev–Trinajstić information content (AvgIpc) is 2.76. The molecule has 0 radical (unpaired) electrons. The molecule has 2 N–H and O–H groups in total. The van der Waals surface area contributed by atoms with Crippen molar-refractivity contribution in [2.45, 2.75) is 17.7 Å². The van der Waals surface area contributed by atoms with E-state index in [9.17, 15) is 9.59 Å². The fourth-order valence-electron chi connectivity index (χ4n) is 2.38. The van der Waals surface area contributed by atoms with Crippen molar-refractivity contribution in [3.8, 4) is 0 Å². The molecule has 1 unspecified atom stereocenters. The van der Waals surface area contributed by atoms with Gasteiger partial charge in [-0.1, -0.05) is 6.07 Å². The van der Waals surface area contributed by atoms with Crippen molar-refractivity contribution in [1.29, 1.82) is 0 Å². The van der Waals surface area contributed by atoms with E-state index in [2.05, 4.69) is 10.6 Å². The van der Waals surface area contributed by atoms with Crippen LogP contribution >= 0.6 is 23.2 Å². The number of urea groups is 1. The fraction of sp³-hybridized carbons (Fsp3) is 0.429. The lowest BCUT2D eigenvalue weighted by molar-refractivity contribution is -0.120. The maximum atomic E-state index is 12.2. The number of carbonyl (C=O) groups excluding carboxylic acids is 2. The summed E-state index contributed by atoms with van der Waals surface area (Å²) >= 11 is 12.0. The van der Waals surface area contributed by atoms with Gasteiger partial charge in [0.15, 0.2) is 0 Å². The Bertz CT molecular complexity index is 620. The number of halogens is 2. The predicted molar refractivity (Wildman–Crippen MR) is 83.0 cm³/mol. The van der Waals surface area contributed by atoms with Gasteiger partial charge < -0.3 is 10.6 Å². The summed E-state index contributed by atoms with van der Waals surface area (Å²) in [6, 6.07) is 7.02. The minimum absolute atomic E-state index is 0.131. The van der Waals surface area contributed by atoms with Crippen LogP contribution in [0.3, 0.4) is 0 Å². The Hall–Kier alpha value is -1.46. The number of rotatable bonds is 3. The molecule has 0 bridgehead atoms. The monoisotopic (exact) mass is 327 g/mol. The molecule has 1 aliphatic heterocycles. The highest BCUT2D eigenvalue weighted by molar-refractivity contribution is 6.53. The molecule has 7 heteroatoms. The van der Waals surface area contributed by atoms with Crippen LogP contribution in [-0.2, 0) is 4.79 Å². The van der Waals surface area contributed by atoms with Crippen LogP contribution < -0.4 is 15.5 Å². The van der Waals surface area contributed by atoms with Gasteiger partial charge in [-0.2, -0.15) is 0 Å². The lowest BCUT2D eigenvalue weighted by Gasteiger charge is -2.17. The number of alkyl halides is 2. The van der Waals surface area contributed by atoms with Gasteiger partial charge in [0, 0.05) is 24.5 Å². The van der Waals surface area contributed by atoms with Crippen LogP contribution in [0, 0.1) is 5.41 Å². The maximum absolute atomic E-state index is 12.2. The van der Waals surface area contributed by atoms with E-state index in [4.69, 9.17) is 23.2 Å². The molecule has 1 aromatic carbocycles. The number of nitrogens with one attached hydrogen (secondary N) is 2. The Labute approximate surface area is 132 Å². The Kier molecular flexibility index (Phi) is 3.30. The first-order chi connectivity index (χ1) is 9.83. The molecule has 1 aliphatic carbocycles. The van der Waals surface area contributed by atoms with Gasteiger partial charge in [0.25, 0.3) is 0 Å². The molecule has 2 aliphatic rings. The van der Waals surface area contributed by atoms with Crippen LogP contribution in [-0.4, -0.2) is 29.4 Å². The third kappa shape index (κ3) is 2.45. The zero-order chi connectivity index (χ0) is 15.3. The van der Waals surface area contributed by atoms with Crippen molar-refractivity contribution in [2.75, 3.05) is 23.3 Å². The van der Waals surface area contributed by atoms with Gasteiger partial charge in [0.2, 0.25) is 5.91 Å². The zero-order valence-corrected chi connectivity index (χ0v) is 13.0. The summed E-state index contributed by atoms with van der Waals surface area (Å²) < 4.78 is -0.996. The van der Waals surface area contributed by atoms with Crippen molar-refractivity contribution in [3.63, 3.8) is 0 Å². The van der Waals surface area contributed by atoms with Crippen LogP contribution in [0.5, 0.6) is 0 Å². The summed E-state index contributed by atoms with van der Waals surface area (Å²) in [6.07, 6.45) is 0.434. The molecule has 112 valence electrons. The van der Waals surface area contributed by atoms with Gasteiger partial charge in [-0.25, -0.2) is 4.79 Å². The first-order valence-electron chi connectivity index (χ1n) is 6.68. The Morgan fingerprint density at radius 2 is 2.14 bits per heavy atom. The molecule has 1 atom stereocenters. The molecule has 2 fully saturated rings. The topological polar surface area (TPSA) is 61.4 Å². The van der Waals surface area contributed by atoms with Crippen molar-refractivity contribution >= 4 is 46.5 Å². The average molecular weight is 328 g/mol. The predicted octanol–water partition coefficient (Wildman–Crippen LogP) is 2.74. The lowest BCUT2D eigenvalue weighted by atomic mass is 10.1. The van der Waals surface area contributed by atoms with Gasteiger partial charge in [-0.05, 0) is 31.5 Å². The second-order valence-electron chi connectivity index (χ2n) is 5.60. The number of anilines is 2. The van der Waals surface area contributed by atoms with Crippen LogP contribution in [0.1, 0.15) is 13.3 Å². The Morgan fingerprint density at radius 1 is 1.43 bits per heavy atom. The van der Waals surface area contributed by atoms with Crippen molar-refractivity contribution in [1.82, 2.24) is 5.32 Å². The van der Waals surface area contributed by atoms with E-state index in [-0.39, 0.29) is 11.9 Å². The zero-order valence-electron chi connectivity index (χ0n) is 11.5. The molecule has 0 aromatic heterocycles. The number of amides is 3. The van der Waals surface area contributed by atoms with Crippen LogP contribution in [0.4, 0.5) is 16.2 Å². The van der Waals surface area contributed by atoms with E-state index >= 15 is 0 Å². The van der Waals surface area contributed by atoms with Crippen molar-refractivity contribution < 1.29 is 9.59 Å². The van der Waals surface area contributed by atoms with E-state index < -0.39 is 9.75 Å². The van der Waals surface area contributed by atoms with Crippen molar-refractivity contribution in [3.05, 3.63) is 24.3 Å². The first kappa shape index (κ1) is 14.5. The molecule has 1 saturated heterocycles. The van der Waals surface area contributed by atoms with Crippen LogP contribution in [0.25, 0.3) is 0 Å². The van der Waals surface area contributed by atoms with E-state index in [0.29, 0.717) is 25.2 Å². The van der Waals surface area contributed by atoms with Gasteiger partial charge in [-0.3, -0.25) is 9.69 Å². The standard InChI is InChI=1S/C14H15Cl2N3O2/c1-13(8-14(13,15)16)11(20)18-9-3-2-4-10(7-9)19-6-5-17-12(19)21/h2-4,7H,5-6,8H2,1H3,(H,17,21)(H,18,20). The van der Waals surface area contributed by atoms with Gasteiger partial charge in [-0.15, -0.1) is 23.2 Å². The maximum Gasteiger partial charge on any atom is 0.321 e. The summed E-state index contributed by atoms with van der Waals surface area (Å²) in [5.41, 5.74) is 0.596. The number of benzene rings is 1. The smallest absolute Gasteiger partial charge is 0.321 e. The Morgan fingerprint density at radius 3 is 2.71 bits per heavy atom. The summed E-state index contributed by atoms with van der Waals surface area (Å²) in [4.78, 5) is 25.5. The number of carbonyl (C=O) groups is 2. The molecular formula is C14H15Cl2N3O2. The number of hydrogen-bond acceptors (Lipinski definition) is 2. The molecule has 1 aromatic rings. The third-order valence-electron chi connectivity index (χ3n) is 4.03. The highest BCUT2D eigenvalue weighted by Gasteiger charge is 2.67. The second kappa shape index (κ2) is 4.78. The van der Waals surface area contributed by atoms with Gasteiger partial charge >= 0.3 is 6.03 Å². The van der Waals surface area contributed by atoms with Crippen LogP contribution in [0.2, 0.25) is 0 Å². The summed E-state index contributed by atoms with van der Waals surface area (Å²) in [6.45, 7) is 2.97. The molecule has 5 nitrogen and oxygen atoms in total. The second-order valence-corrected chi connectivity index (χ2v) is 7.09. The molecule has 1 saturated carbocycles. The number of nitrogens with zero attached hydrogens (tertiary/aromatic N) is 1. The highest BCUT2D eigenvalue weighted by atomic mass is 35.5. The number of hydrogen-bond donors (Lipinski definition) is 2. The van der Waals surface area contributed by atoms with Crippen LogP contribution in [0.15, 0.2) is 24.3 Å². The lowest BCUT2D eigenvalue weighted by Crippen LogP contribution is -2.28. The van der Waals surface area contributed by atoms with E-state index in [1.165, 1.54) is 0 Å². The fourth-order valence-corrected chi connectivity index (χ4v) is 3.09. The third-order valence-corrected chi connectivity index (χ3v) is 5.13. The van der Waals surface area contributed by atoms with Gasteiger partial charge in [0.05, 0.1) is 5.41 Å². The summed E-state index contributed by atoms with van der Waals surface area (Å²) in [5.74, 6) is -0.212. The quantitative estimate of drug-likeness (QED) is 0.838. The molecule has 0 spiro atoms. The Balaban J connectivity index is 1.75. The van der Waals surface area contributed by atoms with Crippen molar-refractivity contribution in [2.24, 2.45) is 5.41 Å². The van der Waals surface area contributed by atoms with E-state index in [1.807, 2.05) is 6.07 Å². The van der Waals surface area contributed by atoms with E-state index in [0.717, 1.165) is 5.69 Å². The normalized spacial score (nSPS) is 26.4. The minimum atomic E-state index is -0.996. The first-order valence-corrected chi connectivity index (χ1v) is 7.44. The minimum Gasteiger partial charge on any atom is -0.336 e. The van der Waals surface area contributed by atoms with E-state index in [1.54, 1.807) is 30.0 Å². The summed E-state index contributed by atoms with van der Waals surface area (Å²) in [7, 11) is 0. The summed E-state index contributed by atoms with van der Waals surface area (Å²) in [5, 5.41) is 5.55. The molecule has 21 heavy (non-hydrogen) atoms. The SMILES string of the molecule is CC1(C(=O)Nc2cccc(N3CCNC3=O)c2)CC1(Cl)Cl.